The Kier molecular flexibility index (Phi) is 2.17. The van der Waals surface area contributed by atoms with Crippen molar-refractivity contribution in [3.8, 4) is 0 Å². The third-order valence-corrected chi connectivity index (χ3v) is 3.86. The van der Waals surface area contributed by atoms with E-state index in [2.05, 4.69) is 17.0 Å². The number of fused-ring (bicyclic) bond motifs is 1. The van der Waals surface area contributed by atoms with E-state index >= 15 is 0 Å². The molecule has 2 N–H and O–H groups in total. The number of hydrogen-bond donors (Lipinski definition) is 1. The van der Waals surface area contributed by atoms with Crippen LogP contribution in [0.15, 0.2) is 18.2 Å². The van der Waals surface area contributed by atoms with Gasteiger partial charge in [-0.3, -0.25) is 4.90 Å². The number of benzene rings is 1. The maximum atomic E-state index is 5.83. The summed E-state index contributed by atoms with van der Waals surface area (Å²) in [5.74, 6) is 0. The molecule has 0 radical (unpaired) electrons. The van der Waals surface area contributed by atoms with Gasteiger partial charge in [-0.15, -0.1) is 0 Å². The highest BCUT2D eigenvalue weighted by atomic mass is 15.2. The van der Waals surface area contributed by atoms with E-state index in [0.29, 0.717) is 0 Å². The molecule has 2 nitrogen and oxygen atoms in total. The highest BCUT2D eigenvalue weighted by molar-refractivity contribution is 5.45. The predicted octanol–water partition coefficient (Wildman–Crippen LogP) is 2.18. The van der Waals surface area contributed by atoms with Gasteiger partial charge in [0.2, 0.25) is 0 Å². The molecule has 0 unspecified atom stereocenters. The zero-order valence-corrected chi connectivity index (χ0v) is 9.08. The highest BCUT2D eigenvalue weighted by Gasteiger charge is 2.27. The molecule has 2 heteroatoms. The van der Waals surface area contributed by atoms with Crippen molar-refractivity contribution < 1.29 is 0 Å². The van der Waals surface area contributed by atoms with Gasteiger partial charge in [-0.1, -0.05) is 12.5 Å². The molecule has 3 rings (SSSR count). The second-order valence-corrected chi connectivity index (χ2v) is 4.83. The van der Waals surface area contributed by atoms with Gasteiger partial charge in [0, 0.05) is 24.8 Å². The monoisotopic (exact) mass is 202 g/mol. The van der Waals surface area contributed by atoms with Crippen molar-refractivity contribution in [2.45, 2.75) is 38.3 Å². The molecule has 0 aromatic heterocycles. The Labute approximate surface area is 91.1 Å². The van der Waals surface area contributed by atoms with Crippen LogP contribution in [0, 0.1) is 0 Å². The van der Waals surface area contributed by atoms with Gasteiger partial charge in [0.25, 0.3) is 0 Å². The van der Waals surface area contributed by atoms with Crippen LogP contribution in [0.2, 0.25) is 0 Å². The number of nitrogens with zero attached hydrogens (tertiary/aromatic N) is 1. The summed E-state index contributed by atoms with van der Waals surface area (Å²) in [6, 6.07) is 7.24. The largest absolute Gasteiger partial charge is 0.399 e. The molecular formula is C13H18N2. The summed E-state index contributed by atoms with van der Waals surface area (Å²) in [6.07, 6.45) is 5.42. The molecule has 1 heterocycles. The standard InChI is InChI=1S/C13H18N2/c14-12-5-4-10-6-7-15(9-11(10)8-12)13-2-1-3-13/h4-5,8,13H,1-3,6-7,9,14H2. The summed E-state index contributed by atoms with van der Waals surface area (Å²) in [6.45, 7) is 2.35. The van der Waals surface area contributed by atoms with E-state index in [0.717, 1.165) is 18.3 Å². The lowest BCUT2D eigenvalue weighted by Crippen LogP contribution is -2.42. The van der Waals surface area contributed by atoms with Crippen LogP contribution in [0.4, 0.5) is 5.69 Å². The van der Waals surface area contributed by atoms with Crippen molar-refractivity contribution in [3.05, 3.63) is 29.3 Å². The van der Waals surface area contributed by atoms with E-state index in [9.17, 15) is 0 Å². The first-order valence-electron chi connectivity index (χ1n) is 5.94. The van der Waals surface area contributed by atoms with Crippen LogP contribution in [-0.4, -0.2) is 17.5 Å². The van der Waals surface area contributed by atoms with Crippen LogP contribution in [0.25, 0.3) is 0 Å². The number of nitrogen functional groups attached to an aromatic ring is 1. The summed E-state index contributed by atoms with van der Waals surface area (Å²) in [5, 5.41) is 0. The Hall–Kier alpha value is -1.02. The van der Waals surface area contributed by atoms with Crippen LogP contribution in [-0.2, 0) is 13.0 Å². The fourth-order valence-electron chi connectivity index (χ4n) is 2.66. The van der Waals surface area contributed by atoms with Gasteiger partial charge in [0.1, 0.15) is 0 Å². The Morgan fingerprint density at radius 2 is 2.07 bits per heavy atom. The number of rotatable bonds is 1. The topological polar surface area (TPSA) is 29.3 Å². The maximum absolute atomic E-state index is 5.83. The smallest absolute Gasteiger partial charge is 0.0317 e. The molecule has 1 aromatic rings. The van der Waals surface area contributed by atoms with E-state index in [-0.39, 0.29) is 0 Å². The van der Waals surface area contributed by atoms with Gasteiger partial charge < -0.3 is 5.73 Å². The quantitative estimate of drug-likeness (QED) is 0.707. The lowest BCUT2D eigenvalue weighted by Gasteiger charge is -2.40. The molecule has 80 valence electrons. The van der Waals surface area contributed by atoms with Crippen molar-refractivity contribution in [1.29, 1.82) is 0 Å². The third-order valence-electron chi connectivity index (χ3n) is 3.86. The summed E-state index contributed by atoms with van der Waals surface area (Å²) < 4.78 is 0. The van der Waals surface area contributed by atoms with Gasteiger partial charge in [-0.05, 0) is 42.5 Å². The van der Waals surface area contributed by atoms with Gasteiger partial charge >= 0.3 is 0 Å². The Balaban J connectivity index is 1.81. The minimum absolute atomic E-state index is 0.861. The summed E-state index contributed by atoms with van der Waals surface area (Å²) in [7, 11) is 0. The van der Waals surface area contributed by atoms with Gasteiger partial charge in [0.05, 0.1) is 0 Å². The summed E-state index contributed by atoms with van der Waals surface area (Å²) in [5.41, 5.74) is 9.69. The molecule has 0 bridgehead atoms. The Morgan fingerprint density at radius 1 is 1.20 bits per heavy atom. The average Bonchev–Trinajstić information content (AvgIpc) is 2.14. The maximum Gasteiger partial charge on any atom is 0.0317 e. The highest BCUT2D eigenvalue weighted by Crippen LogP contribution is 2.30. The number of nitrogens with two attached hydrogens (primary N) is 1. The van der Waals surface area contributed by atoms with Crippen LogP contribution >= 0.6 is 0 Å². The fraction of sp³-hybridized carbons (Fsp3) is 0.538. The molecule has 1 aromatic carbocycles. The van der Waals surface area contributed by atoms with Crippen LogP contribution in [0.1, 0.15) is 30.4 Å². The van der Waals surface area contributed by atoms with Crippen LogP contribution in [0.5, 0.6) is 0 Å². The van der Waals surface area contributed by atoms with Crippen molar-refractivity contribution in [2.75, 3.05) is 12.3 Å². The molecule has 1 aliphatic heterocycles. The first-order valence-corrected chi connectivity index (χ1v) is 5.94. The minimum Gasteiger partial charge on any atom is -0.399 e. The fourth-order valence-corrected chi connectivity index (χ4v) is 2.66. The SMILES string of the molecule is Nc1ccc2c(c1)CN(C1CCC1)CC2. The van der Waals surface area contributed by atoms with E-state index in [1.165, 1.54) is 43.4 Å². The second-order valence-electron chi connectivity index (χ2n) is 4.83. The normalized spacial score (nSPS) is 22.1. The number of hydrogen-bond acceptors (Lipinski definition) is 2. The van der Waals surface area contributed by atoms with Crippen molar-refractivity contribution >= 4 is 5.69 Å². The van der Waals surface area contributed by atoms with Crippen molar-refractivity contribution in [2.24, 2.45) is 0 Å². The second kappa shape index (κ2) is 3.53. The third kappa shape index (κ3) is 1.63. The van der Waals surface area contributed by atoms with Gasteiger partial charge in [0.15, 0.2) is 0 Å². The molecular weight excluding hydrogens is 184 g/mol. The molecule has 0 saturated heterocycles. The van der Waals surface area contributed by atoms with E-state index < -0.39 is 0 Å². The zero-order chi connectivity index (χ0) is 10.3. The van der Waals surface area contributed by atoms with Gasteiger partial charge in [-0.2, -0.15) is 0 Å². The van der Waals surface area contributed by atoms with Crippen molar-refractivity contribution in [3.63, 3.8) is 0 Å². The van der Waals surface area contributed by atoms with Crippen LogP contribution < -0.4 is 5.73 Å². The first-order chi connectivity index (χ1) is 7.33. The summed E-state index contributed by atoms with van der Waals surface area (Å²) >= 11 is 0. The molecule has 1 fully saturated rings. The minimum atomic E-state index is 0.861. The lowest BCUT2D eigenvalue weighted by atomic mass is 9.88. The lowest BCUT2D eigenvalue weighted by molar-refractivity contribution is 0.113. The molecule has 0 spiro atoms. The molecule has 2 aliphatic rings. The molecule has 1 saturated carbocycles. The van der Waals surface area contributed by atoms with E-state index in [4.69, 9.17) is 5.73 Å². The predicted molar refractivity (Wildman–Crippen MR) is 62.6 cm³/mol. The van der Waals surface area contributed by atoms with E-state index in [1.807, 2.05) is 6.07 Å². The number of anilines is 1. The van der Waals surface area contributed by atoms with Crippen molar-refractivity contribution in [1.82, 2.24) is 4.90 Å². The molecule has 1 aliphatic carbocycles. The Bertz CT molecular complexity index is 369. The van der Waals surface area contributed by atoms with Gasteiger partial charge in [-0.25, -0.2) is 0 Å². The Morgan fingerprint density at radius 3 is 2.80 bits per heavy atom. The van der Waals surface area contributed by atoms with E-state index in [1.54, 1.807) is 0 Å². The summed E-state index contributed by atoms with van der Waals surface area (Å²) in [4.78, 5) is 2.63. The molecule has 0 atom stereocenters. The molecule has 0 amide bonds. The average molecular weight is 202 g/mol. The molecule has 15 heavy (non-hydrogen) atoms. The zero-order valence-electron chi connectivity index (χ0n) is 9.08. The van der Waals surface area contributed by atoms with Crippen LogP contribution in [0.3, 0.4) is 0 Å². The first kappa shape index (κ1) is 9.22.